The Kier molecular flexibility index (Phi) is 4.64. The minimum atomic E-state index is -0.493. The first kappa shape index (κ1) is 17.3. The van der Waals surface area contributed by atoms with Crippen molar-refractivity contribution in [1.82, 2.24) is 10.2 Å². The van der Waals surface area contributed by atoms with Crippen LogP contribution in [-0.4, -0.2) is 33.8 Å². The zero-order chi connectivity index (χ0) is 18.8. The highest BCUT2D eigenvalue weighted by atomic mass is 32.2. The lowest BCUT2D eigenvalue weighted by molar-refractivity contribution is -0.121. The van der Waals surface area contributed by atoms with Crippen molar-refractivity contribution in [3.8, 4) is 11.5 Å². The summed E-state index contributed by atoms with van der Waals surface area (Å²) < 4.78 is 5.66. The molecular weight excluding hydrogens is 364 g/mol. The van der Waals surface area contributed by atoms with Crippen molar-refractivity contribution >= 4 is 35.0 Å². The van der Waals surface area contributed by atoms with Gasteiger partial charge in [0.25, 0.3) is 5.22 Å². The second-order valence-electron chi connectivity index (χ2n) is 5.99. The maximum absolute atomic E-state index is 12.9. The van der Waals surface area contributed by atoms with Gasteiger partial charge < -0.3 is 9.73 Å². The zero-order valence-corrected chi connectivity index (χ0v) is 15.3. The van der Waals surface area contributed by atoms with Crippen molar-refractivity contribution < 1.29 is 14.0 Å². The topological polar surface area (TPSA) is 88.3 Å². The second-order valence-corrected chi connectivity index (χ2v) is 7.28. The molecule has 7 nitrogen and oxygen atoms in total. The number of amides is 2. The summed E-state index contributed by atoms with van der Waals surface area (Å²) in [5.74, 6) is -0.00869. The van der Waals surface area contributed by atoms with E-state index in [1.165, 1.54) is 16.7 Å². The number of aromatic nitrogens is 2. The Morgan fingerprint density at radius 1 is 1.15 bits per heavy atom. The van der Waals surface area contributed by atoms with Crippen molar-refractivity contribution in [2.24, 2.45) is 0 Å². The van der Waals surface area contributed by atoms with Gasteiger partial charge in [-0.15, -0.1) is 10.2 Å². The molecule has 0 bridgehead atoms. The van der Waals surface area contributed by atoms with Gasteiger partial charge in [0.2, 0.25) is 17.7 Å². The number of carbonyl (C=O) groups is 2. The van der Waals surface area contributed by atoms with Crippen LogP contribution in [0.3, 0.4) is 0 Å². The van der Waals surface area contributed by atoms with Crippen LogP contribution in [0, 0.1) is 0 Å². The monoisotopic (exact) mass is 380 g/mol. The van der Waals surface area contributed by atoms with Crippen LogP contribution >= 0.6 is 11.8 Å². The Morgan fingerprint density at radius 2 is 1.89 bits per heavy atom. The third-order valence-electron chi connectivity index (χ3n) is 4.09. The second kappa shape index (κ2) is 7.24. The van der Waals surface area contributed by atoms with Gasteiger partial charge in [0.15, 0.2) is 0 Å². The third-order valence-corrected chi connectivity index (χ3v) is 5.01. The molecular formula is C19H16N4O3S. The molecule has 0 spiro atoms. The maximum Gasteiger partial charge on any atom is 0.277 e. The smallest absolute Gasteiger partial charge is 0.277 e. The van der Waals surface area contributed by atoms with Gasteiger partial charge in [-0.05, 0) is 31.2 Å². The van der Waals surface area contributed by atoms with Crippen LogP contribution < -0.4 is 10.2 Å². The van der Waals surface area contributed by atoms with Gasteiger partial charge in [-0.3, -0.25) is 14.5 Å². The fourth-order valence-corrected chi connectivity index (χ4v) is 3.55. The molecule has 0 unspecified atom stereocenters. The van der Waals surface area contributed by atoms with Gasteiger partial charge >= 0.3 is 0 Å². The summed E-state index contributed by atoms with van der Waals surface area (Å²) in [7, 11) is 0. The quantitative estimate of drug-likeness (QED) is 0.699. The third kappa shape index (κ3) is 3.56. The molecule has 3 aromatic rings. The lowest BCUT2D eigenvalue weighted by Gasteiger charge is -2.30. The molecule has 0 saturated carbocycles. The van der Waals surface area contributed by atoms with Crippen LogP contribution in [0.2, 0.25) is 0 Å². The number of nitrogens with zero attached hydrogens (tertiary/aromatic N) is 3. The molecule has 1 aliphatic rings. The summed E-state index contributed by atoms with van der Waals surface area (Å²) >= 11 is 1.17. The number of benzene rings is 2. The molecule has 8 heteroatoms. The number of anilines is 2. The molecule has 4 rings (SSSR count). The van der Waals surface area contributed by atoms with Crippen LogP contribution in [-0.2, 0) is 9.59 Å². The largest absolute Gasteiger partial charge is 0.411 e. The van der Waals surface area contributed by atoms with Gasteiger partial charge in [-0.1, -0.05) is 42.1 Å². The van der Waals surface area contributed by atoms with Crippen LogP contribution in [0.5, 0.6) is 0 Å². The van der Waals surface area contributed by atoms with Crippen LogP contribution in [0.15, 0.2) is 64.2 Å². The minimum absolute atomic E-state index is 0.0140. The molecule has 2 amide bonds. The van der Waals surface area contributed by atoms with E-state index < -0.39 is 5.25 Å². The minimum Gasteiger partial charge on any atom is -0.411 e. The van der Waals surface area contributed by atoms with Crippen molar-refractivity contribution in [2.75, 3.05) is 16.8 Å². The van der Waals surface area contributed by atoms with Gasteiger partial charge in [0, 0.05) is 5.56 Å². The summed E-state index contributed by atoms with van der Waals surface area (Å²) in [4.78, 5) is 26.3. The van der Waals surface area contributed by atoms with Gasteiger partial charge in [0.1, 0.15) is 6.54 Å². The van der Waals surface area contributed by atoms with E-state index in [9.17, 15) is 9.59 Å². The standard InChI is InChI=1S/C19H16N4O3S/c1-12(27-19-22-21-17(26-19)13-7-3-2-4-8-13)18(25)23-11-16(24)20-14-9-5-6-10-15(14)23/h2-10,12H,11H2,1H3,(H,20,24)/t12-/m0/s1. The van der Waals surface area contributed by atoms with Crippen molar-refractivity contribution in [3.05, 3.63) is 54.6 Å². The number of thioether (sulfide) groups is 1. The summed E-state index contributed by atoms with van der Waals surface area (Å²) in [6, 6.07) is 16.7. The average molecular weight is 380 g/mol. The van der Waals surface area contributed by atoms with Crippen molar-refractivity contribution in [1.29, 1.82) is 0 Å². The first-order valence-corrected chi connectivity index (χ1v) is 9.25. The molecule has 1 aromatic heterocycles. The lowest BCUT2D eigenvalue weighted by atomic mass is 10.2. The van der Waals surface area contributed by atoms with Gasteiger partial charge in [-0.25, -0.2) is 0 Å². The predicted octanol–water partition coefficient (Wildman–Crippen LogP) is 3.20. The Morgan fingerprint density at radius 3 is 2.70 bits per heavy atom. The normalized spacial score (nSPS) is 14.4. The summed E-state index contributed by atoms with van der Waals surface area (Å²) in [5, 5.41) is 10.6. The molecule has 1 atom stereocenters. The number of hydrogen-bond donors (Lipinski definition) is 1. The lowest BCUT2D eigenvalue weighted by Crippen LogP contribution is -2.45. The Bertz CT molecular complexity index is 989. The highest BCUT2D eigenvalue weighted by molar-refractivity contribution is 8.00. The van der Waals surface area contributed by atoms with Crippen LogP contribution in [0.25, 0.3) is 11.5 Å². The first-order chi connectivity index (χ1) is 13.1. The SMILES string of the molecule is C[C@H](Sc1nnc(-c2ccccc2)o1)C(=O)N1CC(=O)Nc2ccccc21. The van der Waals surface area contributed by atoms with Crippen molar-refractivity contribution in [2.45, 2.75) is 17.4 Å². The highest BCUT2D eigenvalue weighted by Crippen LogP contribution is 2.32. The van der Waals surface area contributed by atoms with E-state index in [1.807, 2.05) is 48.5 Å². The molecule has 1 N–H and O–H groups in total. The molecule has 1 aliphatic heterocycles. The Balaban J connectivity index is 1.51. The first-order valence-electron chi connectivity index (χ1n) is 8.37. The van der Waals surface area contributed by atoms with Crippen LogP contribution in [0.1, 0.15) is 6.92 Å². The molecule has 2 heterocycles. The molecule has 2 aromatic carbocycles. The Hall–Kier alpha value is -3.13. The van der Waals surface area contributed by atoms with Crippen molar-refractivity contribution in [3.63, 3.8) is 0 Å². The summed E-state index contributed by atoms with van der Waals surface area (Å²) in [6.07, 6.45) is 0. The van der Waals surface area contributed by atoms with E-state index in [0.29, 0.717) is 22.5 Å². The highest BCUT2D eigenvalue weighted by Gasteiger charge is 2.30. The van der Waals surface area contributed by atoms with E-state index in [-0.39, 0.29) is 18.4 Å². The van der Waals surface area contributed by atoms with E-state index in [0.717, 1.165) is 5.56 Å². The van der Waals surface area contributed by atoms with E-state index in [2.05, 4.69) is 15.5 Å². The number of hydrogen-bond acceptors (Lipinski definition) is 6. The molecule has 0 aliphatic carbocycles. The molecule has 27 heavy (non-hydrogen) atoms. The van der Waals surface area contributed by atoms with Crippen LogP contribution in [0.4, 0.5) is 11.4 Å². The molecule has 0 fully saturated rings. The predicted molar refractivity (Wildman–Crippen MR) is 102 cm³/mol. The number of rotatable bonds is 4. The zero-order valence-electron chi connectivity index (χ0n) is 14.5. The van der Waals surface area contributed by atoms with Gasteiger partial charge in [0.05, 0.1) is 16.6 Å². The average Bonchev–Trinajstić information content (AvgIpc) is 3.16. The summed E-state index contributed by atoms with van der Waals surface area (Å²) in [6.45, 7) is 1.74. The fourth-order valence-electron chi connectivity index (χ4n) is 2.81. The summed E-state index contributed by atoms with van der Waals surface area (Å²) in [5.41, 5.74) is 2.13. The molecule has 136 valence electrons. The molecule has 0 radical (unpaired) electrons. The maximum atomic E-state index is 12.9. The van der Waals surface area contributed by atoms with E-state index >= 15 is 0 Å². The van der Waals surface area contributed by atoms with E-state index in [4.69, 9.17) is 4.42 Å². The number of nitrogens with one attached hydrogen (secondary N) is 1. The Labute approximate surface area is 159 Å². The van der Waals surface area contributed by atoms with E-state index in [1.54, 1.807) is 13.0 Å². The van der Waals surface area contributed by atoms with Gasteiger partial charge in [-0.2, -0.15) is 0 Å². The number of para-hydroxylation sites is 2. The fraction of sp³-hybridized carbons (Fsp3) is 0.158. The number of carbonyl (C=O) groups excluding carboxylic acids is 2. The number of fused-ring (bicyclic) bond motifs is 1. The molecule has 0 saturated heterocycles.